The van der Waals surface area contributed by atoms with Crippen LogP contribution in [0.5, 0.6) is 0 Å². The van der Waals surface area contributed by atoms with Crippen molar-refractivity contribution in [1.29, 1.82) is 0 Å². The fourth-order valence-electron chi connectivity index (χ4n) is 2.26. The number of fused-ring (bicyclic) bond motifs is 1. The molecule has 2 aromatic carbocycles. The minimum absolute atomic E-state index is 0.321. The van der Waals surface area contributed by atoms with Crippen LogP contribution < -0.4 is 5.32 Å². The van der Waals surface area contributed by atoms with Gasteiger partial charge in [0.25, 0.3) is 5.91 Å². The molecule has 122 valence electrons. The zero-order chi connectivity index (χ0) is 17.1. The summed E-state index contributed by atoms with van der Waals surface area (Å²) in [4.78, 5) is 26.9. The minimum atomic E-state index is -0.563. The van der Waals surface area contributed by atoms with Crippen LogP contribution in [0.3, 0.4) is 0 Å². The molecule has 24 heavy (non-hydrogen) atoms. The van der Waals surface area contributed by atoms with Gasteiger partial charge >= 0.3 is 5.97 Å². The molecule has 0 aliphatic heterocycles. The average molecular weight is 387 g/mol. The van der Waals surface area contributed by atoms with Crippen molar-refractivity contribution >= 4 is 44.4 Å². The molecule has 2 N–H and O–H groups in total. The van der Waals surface area contributed by atoms with E-state index < -0.39 is 11.9 Å². The van der Waals surface area contributed by atoms with Gasteiger partial charge in [0, 0.05) is 21.1 Å². The van der Waals surface area contributed by atoms with Crippen LogP contribution in [0.15, 0.2) is 53.0 Å². The topological polar surface area (TPSA) is 71.2 Å². The third kappa shape index (κ3) is 3.65. The summed E-state index contributed by atoms with van der Waals surface area (Å²) in [6, 6.07) is 14.7. The van der Waals surface area contributed by atoms with Gasteiger partial charge in [-0.3, -0.25) is 4.79 Å². The molecule has 0 spiro atoms. The maximum atomic E-state index is 12.0. The molecule has 0 fully saturated rings. The van der Waals surface area contributed by atoms with Crippen molar-refractivity contribution in [2.24, 2.45) is 0 Å². The van der Waals surface area contributed by atoms with E-state index in [2.05, 4.69) is 26.2 Å². The highest BCUT2D eigenvalue weighted by Gasteiger charge is 2.13. The first kappa shape index (κ1) is 16.3. The number of esters is 1. The van der Waals surface area contributed by atoms with Crippen LogP contribution in [0.2, 0.25) is 0 Å². The second kappa shape index (κ2) is 6.88. The van der Waals surface area contributed by atoms with Gasteiger partial charge in [-0.2, -0.15) is 0 Å². The number of carbonyl (C=O) groups is 2. The van der Waals surface area contributed by atoms with Crippen LogP contribution in [-0.4, -0.2) is 23.5 Å². The lowest BCUT2D eigenvalue weighted by molar-refractivity contribution is -0.119. The van der Waals surface area contributed by atoms with E-state index in [1.165, 1.54) is 0 Å². The van der Waals surface area contributed by atoms with Crippen LogP contribution in [-0.2, 0) is 9.53 Å². The summed E-state index contributed by atoms with van der Waals surface area (Å²) in [5.74, 6) is -0.957. The third-order valence-electron chi connectivity index (χ3n) is 3.54. The van der Waals surface area contributed by atoms with Crippen molar-refractivity contribution in [3.8, 4) is 0 Å². The first-order chi connectivity index (χ1) is 11.5. The Morgan fingerprint density at radius 3 is 2.71 bits per heavy atom. The maximum Gasteiger partial charge on any atom is 0.355 e. The lowest BCUT2D eigenvalue weighted by Crippen LogP contribution is -2.21. The number of nitrogens with one attached hydrogen (secondary N) is 2. The summed E-state index contributed by atoms with van der Waals surface area (Å²) in [5, 5.41) is 3.60. The summed E-state index contributed by atoms with van der Waals surface area (Å²) in [7, 11) is 0. The minimum Gasteiger partial charge on any atom is -0.451 e. The number of aromatic amines is 1. The van der Waals surface area contributed by atoms with Gasteiger partial charge < -0.3 is 15.0 Å². The van der Waals surface area contributed by atoms with E-state index in [1.54, 1.807) is 18.2 Å². The van der Waals surface area contributed by atoms with Gasteiger partial charge in [-0.15, -0.1) is 0 Å². The molecule has 1 aromatic heterocycles. The molecule has 0 aliphatic carbocycles. The van der Waals surface area contributed by atoms with Gasteiger partial charge in [0.15, 0.2) is 6.61 Å². The molecule has 1 heterocycles. The van der Waals surface area contributed by atoms with Gasteiger partial charge in [0.05, 0.1) is 0 Å². The number of rotatable bonds is 4. The molecule has 1 amide bonds. The van der Waals surface area contributed by atoms with Crippen molar-refractivity contribution in [3.63, 3.8) is 0 Å². The van der Waals surface area contributed by atoms with Crippen molar-refractivity contribution in [3.05, 3.63) is 64.3 Å². The fraction of sp³-hybridized carbons (Fsp3) is 0.111. The number of benzene rings is 2. The molecule has 0 radical (unpaired) electrons. The smallest absolute Gasteiger partial charge is 0.355 e. The Balaban J connectivity index is 1.59. The van der Waals surface area contributed by atoms with Gasteiger partial charge in [0.1, 0.15) is 5.69 Å². The third-order valence-corrected chi connectivity index (χ3v) is 4.39. The molecule has 0 unspecified atom stereocenters. The number of amides is 1. The molecule has 3 rings (SSSR count). The zero-order valence-electron chi connectivity index (χ0n) is 12.9. The van der Waals surface area contributed by atoms with Crippen LogP contribution in [0.4, 0.5) is 5.69 Å². The highest BCUT2D eigenvalue weighted by atomic mass is 79.9. The Hall–Kier alpha value is -2.60. The SMILES string of the molecule is Cc1ccc(NC(=O)COC(=O)c2cc3ccccc3[nH]2)cc1Br. The number of halogens is 1. The largest absolute Gasteiger partial charge is 0.451 e. The quantitative estimate of drug-likeness (QED) is 0.664. The predicted octanol–water partition coefficient (Wildman–Crippen LogP) is 4.03. The summed E-state index contributed by atoms with van der Waals surface area (Å²) in [5.41, 5.74) is 2.87. The van der Waals surface area contributed by atoms with E-state index in [9.17, 15) is 9.59 Å². The van der Waals surface area contributed by atoms with Crippen LogP contribution in [0, 0.1) is 6.92 Å². The second-order valence-electron chi connectivity index (χ2n) is 5.36. The number of H-pyrrole nitrogens is 1. The molecule has 0 bridgehead atoms. The number of carbonyl (C=O) groups excluding carboxylic acids is 2. The molecular weight excluding hydrogens is 372 g/mol. The van der Waals surface area contributed by atoms with Gasteiger partial charge in [-0.05, 0) is 36.8 Å². The molecule has 5 nitrogen and oxygen atoms in total. The van der Waals surface area contributed by atoms with Gasteiger partial charge in [-0.1, -0.05) is 40.2 Å². The number of anilines is 1. The highest BCUT2D eigenvalue weighted by Crippen LogP contribution is 2.20. The van der Waals surface area contributed by atoms with E-state index in [-0.39, 0.29) is 6.61 Å². The Morgan fingerprint density at radius 2 is 1.96 bits per heavy atom. The Bertz CT molecular complexity index is 885. The van der Waals surface area contributed by atoms with Crippen LogP contribution in [0.25, 0.3) is 10.9 Å². The van der Waals surface area contributed by atoms with E-state index >= 15 is 0 Å². The Kier molecular flexibility index (Phi) is 4.66. The van der Waals surface area contributed by atoms with E-state index in [4.69, 9.17) is 4.74 Å². The highest BCUT2D eigenvalue weighted by molar-refractivity contribution is 9.10. The predicted molar refractivity (Wildman–Crippen MR) is 96.1 cm³/mol. The molecule has 6 heteroatoms. The van der Waals surface area contributed by atoms with Gasteiger partial charge in [0.2, 0.25) is 0 Å². The lowest BCUT2D eigenvalue weighted by atomic mass is 10.2. The van der Waals surface area contributed by atoms with Crippen molar-refractivity contribution in [2.45, 2.75) is 6.92 Å². The van der Waals surface area contributed by atoms with Crippen LogP contribution >= 0.6 is 15.9 Å². The van der Waals surface area contributed by atoms with E-state index in [0.717, 1.165) is 20.9 Å². The second-order valence-corrected chi connectivity index (χ2v) is 6.21. The molecule has 0 saturated heterocycles. The first-order valence-electron chi connectivity index (χ1n) is 7.34. The summed E-state index contributed by atoms with van der Waals surface area (Å²) in [6.45, 7) is 1.61. The number of ether oxygens (including phenoxy) is 1. The number of aromatic nitrogens is 1. The van der Waals surface area contributed by atoms with Gasteiger partial charge in [-0.25, -0.2) is 4.79 Å². The monoisotopic (exact) mass is 386 g/mol. The first-order valence-corrected chi connectivity index (χ1v) is 8.13. The summed E-state index contributed by atoms with van der Waals surface area (Å²) >= 11 is 3.40. The maximum absolute atomic E-state index is 12.0. The Labute approximate surface area is 147 Å². The molecule has 0 aliphatic rings. The molecule has 0 saturated carbocycles. The lowest BCUT2D eigenvalue weighted by Gasteiger charge is -2.07. The molecule has 3 aromatic rings. The summed E-state index contributed by atoms with van der Waals surface area (Å²) < 4.78 is 5.95. The van der Waals surface area contributed by atoms with Crippen molar-refractivity contribution < 1.29 is 14.3 Å². The van der Waals surface area contributed by atoms with Crippen LogP contribution in [0.1, 0.15) is 16.1 Å². The average Bonchev–Trinajstić information content (AvgIpc) is 3.00. The molecular formula is C18H15BrN2O3. The normalized spacial score (nSPS) is 10.6. The van der Waals surface area contributed by atoms with E-state index in [0.29, 0.717) is 11.4 Å². The summed E-state index contributed by atoms with van der Waals surface area (Å²) in [6.07, 6.45) is 0. The van der Waals surface area contributed by atoms with Crippen molar-refractivity contribution in [1.82, 2.24) is 4.98 Å². The standard InChI is InChI=1S/C18H15BrN2O3/c1-11-6-7-13(9-14(11)19)20-17(22)10-24-18(23)16-8-12-4-2-3-5-15(12)21-16/h2-9,21H,10H2,1H3,(H,20,22). The number of hydrogen-bond acceptors (Lipinski definition) is 3. The molecule has 0 atom stereocenters. The number of para-hydroxylation sites is 1. The zero-order valence-corrected chi connectivity index (χ0v) is 14.5. The number of hydrogen-bond donors (Lipinski definition) is 2. The Morgan fingerprint density at radius 1 is 1.17 bits per heavy atom. The fourth-order valence-corrected chi connectivity index (χ4v) is 2.64. The number of aryl methyl sites for hydroxylation is 1. The van der Waals surface area contributed by atoms with Crippen molar-refractivity contribution in [2.75, 3.05) is 11.9 Å². The van der Waals surface area contributed by atoms with E-state index in [1.807, 2.05) is 37.3 Å².